The SMILES string of the molecule is C=C1C=C(C(F)(F)F)C(C(=O)Nc2cc(-c3cc(CNC4CCCCC4)ccc3F)ccc2N2C[C@@H](C)N(C)[C@@H](C)C2)=CN1. The number of hydrogen-bond acceptors (Lipinski definition) is 5. The van der Waals surface area contributed by atoms with Crippen LogP contribution in [0.15, 0.2) is 72.1 Å². The topological polar surface area (TPSA) is 59.6 Å². The van der Waals surface area contributed by atoms with E-state index in [4.69, 9.17) is 0 Å². The first-order valence-electron chi connectivity index (χ1n) is 15.3. The quantitative estimate of drug-likeness (QED) is 0.299. The summed E-state index contributed by atoms with van der Waals surface area (Å²) in [6.07, 6.45) is 3.03. The molecule has 2 aliphatic heterocycles. The predicted molar refractivity (Wildman–Crippen MR) is 168 cm³/mol. The van der Waals surface area contributed by atoms with Crippen LogP contribution >= 0.6 is 0 Å². The predicted octanol–water partition coefficient (Wildman–Crippen LogP) is 6.87. The van der Waals surface area contributed by atoms with Crippen molar-refractivity contribution < 1.29 is 22.4 Å². The minimum Gasteiger partial charge on any atom is -0.367 e. The number of carbonyl (C=O) groups excluding carboxylic acids is 1. The van der Waals surface area contributed by atoms with Gasteiger partial charge in [-0.2, -0.15) is 13.2 Å². The Bertz CT molecular complexity index is 1450. The zero-order valence-electron chi connectivity index (χ0n) is 25.5. The second kappa shape index (κ2) is 13.2. The summed E-state index contributed by atoms with van der Waals surface area (Å²) in [5.74, 6) is -1.34. The molecule has 44 heavy (non-hydrogen) atoms. The molecule has 1 saturated heterocycles. The number of halogens is 4. The van der Waals surface area contributed by atoms with E-state index in [0.717, 1.165) is 30.7 Å². The average Bonchev–Trinajstić information content (AvgIpc) is 2.99. The standard InChI is InChI=1S/C34H41F4N5O/c1-21-14-29(34(36,37)38)28(18-39-21)33(44)41-31-16-25(11-13-32(31)43-19-22(2)42(4)23(3)20-43)27-15-24(10-12-30(27)35)17-40-26-8-6-5-7-9-26/h10-16,18,22-23,26,39-40H,1,5-9,17,19-20H2,2-4H3,(H,41,44)/t22-,23+. The summed E-state index contributed by atoms with van der Waals surface area (Å²) in [7, 11) is 2.05. The Labute approximate surface area is 256 Å². The minimum atomic E-state index is -4.75. The van der Waals surface area contributed by atoms with E-state index in [0.29, 0.717) is 48.2 Å². The molecule has 0 aromatic heterocycles. The maximum atomic E-state index is 15.3. The van der Waals surface area contributed by atoms with Crippen molar-refractivity contribution in [2.45, 2.75) is 76.8 Å². The van der Waals surface area contributed by atoms with Crippen LogP contribution in [0.1, 0.15) is 51.5 Å². The van der Waals surface area contributed by atoms with Gasteiger partial charge in [0.15, 0.2) is 0 Å². The van der Waals surface area contributed by atoms with Crippen LogP contribution in [0, 0.1) is 5.82 Å². The van der Waals surface area contributed by atoms with Gasteiger partial charge in [-0.15, -0.1) is 0 Å². The van der Waals surface area contributed by atoms with Gasteiger partial charge in [0.1, 0.15) is 5.82 Å². The average molecular weight is 612 g/mol. The van der Waals surface area contributed by atoms with Crippen LogP contribution in [0.2, 0.25) is 0 Å². The Morgan fingerprint density at radius 3 is 2.43 bits per heavy atom. The van der Waals surface area contributed by atoms with Crippen LogP contribution in [-0.2, 0) is 11.3 Å². The largest absolute Gasteiger partial charge is 0.417 e. The van der Waals surface area contributed by atoms with Gasteiger partial charge in [0.25, 0.3) is 5.91 Å². The number of nitrogens with one attached hydrogen (secondary N) is 3. The van der Waals surface area contributed by atoms with Crippen molar-refractivity contribution in [3.63, 3.8) is 0 Å². The molecule has 6 nitrogen and oxygen atoms in total. The molecule has 2 fully saturated rings. The lowest BCUT2D eigenvalue weighted by molar-refractivity contribution is -0.115. The summed E-state index contributed by atoms with van der Waals surface area (Å²) in [5.41, 5.74) is 1.19. The Kier molecular flexibility index (Phi) is 9.51. The van der Waals surface area contributed by atoms with Crippen LogP contribution in [0.25, 0.3) is 11.1 Å². The number of likely N-dealkylation sites (N-methyl/N-ethyl adjacent to an activating group) is 1. The Hall–Kier alpha value is -3.63. The smallest absolute Gasteiger partial charge is 0.367 e. The van der Waals surface area contributed by atoms with Crippen LogP contribution in [-0.4, -0.2) is 55.2 Å². The normalized spacial score (nSPS) is 21.9. The molecule has 2 heterocycles. The van der Waals surface area contributed by atoms with E-state index >= 15 is 4.39 Å². The van der Waals surface area contributed by atoms with Crippen molar-refractivity contribution in [3.8, 4) is 11.1 Å². The number of anilines is 2. The van der Waals surface area contributed by atoms with Gasteiger partial charge < -0.3 is 20.9 Å². The Balaban J connectivity index is 1.48. The number of allylic oxidation sites excluding steroid dienone is 1. The highest BCUT2D eigenvalue weighted by atomic mass is 19.4. The molecule has 0 spiro atoms. The molecule has 0 bridgehead atoms. The van der Waals surface area contributed by atoms with Crippen LogP contribution in [0.3, 0.4) is 0 Å². The number of alkyl halides is 3. The monoisotopic (exact) mass is 611 g/mol. The van der Waals surface area contributed by atoms with Gasteiger partial charge in [-0.3, -0.25) is 9.69 Å². The number of dihydropyridines is 1. The van der Waals surface area contributed by atoms with Crippen molar-refractivity contribution in [2.75, 3.05) is 30.4 Å². The zero-order chi connectivity index (χ0) is 31.6. The van der Waals surface area contributed by atoms with Gasteiger partial charge in [-0.1, -0.05) is 38.0 Å². The van der Waals surface area contributed by atoms with Crippen molar-refractivity contribution in [2.24, 2.45) is 0 Å². The van der Waals surface area contributed by atoms with Crippen molar-refractivity contribution >= 4 is 17.3 Å². The number of rotatable bonds is 7. The first kappa shape index (κ1) is 31.8. The molecule has 0 unspecified atom stereocenters. The molecule has 2 aromatic carbocycles. The van der Waals surface area contributed by atoms with Gasteiger partial charge in [0.05, 0.1) is 22.5 Å². The first-order valence-corrected chi connectivity index (χ1v) is 15.3. The van der Waals surface area contributed by atoms with E-state index in [1.165, 1.54) is 25.3 Å². The van der Waals surface area contributed by atoms with Gasteiger partial charge in [-0.25, -0.2) is 4.39 Å². The second-order valence-electron chi connectivity index (χ2n) is 12.3. The first-order chi connectivity index (χ1) is 20.9. The minimum absolute atomic E-state index is 0.0327. The molecule has 3 N–H and O–H groups in total. The lowest BCUT2D eigenvalue weighted by Gasteiger charge is -2.44. The molecule has 2 aromatic rings. The highest BCUT2D eigenvalue weighted by molar-refractivity contribution is 6.09. The summed E-state index contributed by atoms with van der Waals surface area (Å²) < 4.78 is 56.9. The molecule has 2 atom stereocenters. The summed E-state index contributed by atoms with van der Waals surface area (Å²) in [6.45, 7) is 9.65. The molecule has 0 radical (unpaired) electrons. The highest BCUT2D eigenvalue weighted by Gasteiger charge is 2.40. The summed E-state index contributed by atoms with van der Waals surface area (Å²) >= 11 is 0. The van der Waals surface area contributed by atoms with Crippen LogP contribution in [0.4, 0.5) is 28.9 Å². The van der Waals surface area contributed by atoms with Gasteiger partial charge in [0.2, 0.25) is 0 Å². The van der Waals surface area contributed by atoms with Gasteiger partial charge in [0, 0.05) is 55.2 Å². The number of amides is 1. The van der Waals surface area contributed by atoms with Gasteiger partial charge in [-0.05, 0) is 75.2 Å². The molecule has 5 rings (SSSR count). The second-order valence-corrected chi connectivity index (χ2v) is 12.3. The zero-order valence-corrected chi connectivity index (χ0v) is 25.5. The molecule has 10 heteroatoms. The molecule has 1 amide bonds. The van der Waals surface area contributed by atoms with Crippen LogP contribution < -0.4 is 20.9 Å². The van der Waals surface area contributed by atoms with Crippen molar-refractivity contribution in [3.05, 3.63) is 83.5 Å². The fourth-order valence-corrected chi connectivity index (χ4v) is 6.30. The lowest BCUT2D eigenvalue weighted by atomic mass is 9.95. The summed E-state index contributed by atoms with van der Waals surface area (Å²) in [6, 6.07) is 11.1. The van der Waals surface area contributed by atoms with Crippen molar-refractivity contribution in [1.82, 2.24) is 15.5 Å². The summed E-state index contributed by atoms with van der Waals surface area (Å²) in [5, 5.41) is 8.94. The number of carbonyl (C=O) groups is 1. The number of benzene rings is 2. The third-order valence-corrected chi connectivity index (χ3v) is 9.05. The van der Waals surface area contributed by atoms with Crippen LogP contribution in [0.5, 0.6) is 0 Å². The maximum Gasteiger partial charge on any atom is 0.417 e. The number of nitrogens with zero attached hydrogens (tertiary/aromatic N) is 2. The van der Waals surface area contributed by atoms with E-state index in [9.17, 15) is 18.0 Å². The lowest BCUT2D eigenvalue weighted by Crippen LogP contribution is -2.55. The fourth-order valence-electron chi connectivity index (χ4n) is 6.30. The Morgan fingerprint density at radius 2 is 1.75 bits per heavy atom. The van der Waals surface area contributed by atoms with E-state index in [1.54, 1.807) is 18.2 Å². The fraction of sp³-hybridized carbons (Fsp3) is 0.441. The van der Waals surface area contributed by atoms with E-state index in [-0.39, 0.29) is 17.8 Å². The van der Waals surface area contributed by atoms with Crippen molar-refractivity contribution in [1.29, 1.82) is 0 Å². The molecule has 1 aliphatic carbocycles. The number of piperazine rings is 1. The Morgan fingerprint density at radius 1 is 1.05 bits per heavy atom. The molecule has 236 valence electrons. The van der Waals surface area contributed by atoms with E-state index < -0.39 is 29.0 Å². The third-order valence-electron chi connectivity index (χ3n) is 9.05. The number of hydrogen-bond donors (Lipinski definition) is 3. The summed E-state index contributed by atoms with van der Waals surface area (Å²) in [4.78, 5) is 17.8. The van der Waals surface area contributed by atoms with Gasteiger partial charge >= 0.3 is 6.18 Å². The molecule has 3 aliphatic rings. The maximum absolute atomic E-state index is 15.3. The molecular formula is C34H41F4N5O. The van der Waals surface area contributed by atoms with E-state index in [1.807, 2.05) is 12.1 Å². The molecular weight excluding hydrogens is 570 g/mol. The van der Waals surface area contributed by atoms with E-state index in [2.05, 4.69) is 53.2 Å². The molecule has 1 saturated carbocycles. The third kappa shape index (κ3) is 7.18. The highest BCUT2D eigenvalue weighted by Crippen LogP contribution is 2.38.